The number of alkyl halides is 3. The number of piperidine rings is 1. The number of carbonyl (C=O) groups is 5. The summed E-state index contributed by atoms with van der Waals surface area (Å²) in [5.74, 6) is -4.21. The van der Waals surface area contributed by atoms with Gasteiger partial charge in [0, 0.05) is 23.4 Å². The highest BCUT2D eigenvalue weighted by Crippen LogP contribution is 2.58. The number of rotatable bonds is 13. The summed E-state index contributed by atoms with van der Waals surface area (Å²) in [6, 6.07) is 4.38. The predicted molar refractivity (Wildman–Crippen MR) is 152 cm³/mol. The summed E-state index contributed by atoms with van der Waals surface area (Å²) in [7, 11) is 1.50. The Kier molecular flexibility index (Phi) is 9.89. The molecular formula is C30H37F3N4O7. The first-order chi connectivity index (χ1) is 20.8. The van der Waals surface area contributed by atoms with Crippen LogP contribution in [0.3, 0.4) is 0 Å². The van der Waals surface area contributed by atoms with Crippen LogP contribution in [0.5, 0.6) is 5.75 Å². The maximum Gasteiger partial charge on any atom is 0.404 e. The zero-order valence-electron chi connectivity index (χ0n) is 24.8. The number of fused-ring (bicyclic) bond motifs is 1. The largest absolute Gasteiger partial charge is 0.496 e. The molecule has 14 heteroatoms. The van der Waals surface area contributed by atoms with Crippen molar-refractivity contribution in [1.29, 1.82) is 0 Å². The van der Waals surface area contributed by atoms with Crippen molar-refractivity contribution in [3.05, 3.63) is 30.0 Å². The molecule has 3 amide bonds. The summed E-state index contributed by atoms with van der Waals surface area (Å²) >= 11 is 0. The number of carbonyl (C=O) groups excluding carboxylic acids is 5. The Labute approximate surface area is 252 Å². The number of methoxy groups -OCH3 is 1. The minimum absolute atomic E-state index is 0.0646. The zero-order valence-corrected chi connectivity index (χ0v) is 24.8. The van der Waals surface area contributed by atoms with Crippen molar-refractivity contribution >= 4 is 40.4 Å². The van der Waals surface area contributed by atoms with Crippen molar-refractivity contribution in [2.75, 3.05) is 20.3 Å². The molecule has 11 nitrogen and oxygen atoms in total. The van der Waals surface area contributed by atoms with Gasteiger partial charge in [-0.25, -0.2) is 0 Å². The molecule has 1 saturated carbocycles. The van der Waals surface area contributed by atoms with Crippen LogP contribution in [-0.4, -0.2) is 73.0 Å². The number of ketones is 1. The van der Waals surface area contributed by atoms with E-state index in [1.165, 1.54) is 7.11 Å². The van der Waals surface area contributed by atoms with Gasteiger partial charge in [0.25, 0.3) is 5.91 Å². The van der Waals surface area contributed by atoms with Crippen molar-refractivity contribution in [3.63, 3.8) is 0 Å². The van der Waals surface area contributed by atoms with E-state index in [1.807, 2.05) is 13.8 Å². The van der Waals surface area contributed by atoms with Crippen LogP contribution in [-0.2, 0) is 23.9 Å². The number of aromatic nitrogens is 1. The molecule has 0 spiro atoms. The molecule has 2 fully saturated rings. The van der Waals surface area contributed by atoms with Gasteiger partial charge in [-0.15, -0.1) is 0 Å². The number of amides is 3. The maximum absolute atomic E-state index is 13.5. The topological polar surface area (TPSA) is 156 Å². The van der Waals surface area contributed by atoms with E-state index in [0.717, 1.165) is 0 Å². The molecule has 2 heterocycles. The first-order valence-electron chi connectivity index (χ1n) is 14.6. The van der Waals surface area contributed by atoms with Crippen LogP contribution in [0.4, 0.5) is 13.2 Å². The van der Waals surface area contributed by atoms with E-state index in [2.05, 4.69) is 20.9 Å². The van der Waals surface area contributed by atoms with Gasteiger partial charge in [-0.1, -0.05) is 19.9 Å². The highest BCUT2D eigenvalue weighted by molar-refractivity contribution is 6.02. The van der Waals surface area contributed by atoms with E-state index in [1.54, 1.807) is 24.3 Å². The first-order valence-corrected chi connectivity index (χ1v) is 14.6. The van der Waals surface area contributed by atoms with Crippen molar-refractivity contribution in [2.24, 2.45) is 17.3 Å². The molecule has 1 aromatic carbocycles. The lowest BCUT2D eigenvalue weighted by Crippen LogP contribution is -2.54. The Balaban J connectivity index is 1.49. The molecule has 4 N–H and O–H groups in total. The van der Waals surface area contributed by atoms with Gasteiger partial charge in [-0.3, -0.25) is 24.0 Å². The number of esters is 1. The lowest BCUT2D eigenvalue weighted by atomic mass is 9.90. The molecule has 1 aliphatic heterocycles. The fraction of sp³-hybridized carbons (Fsp3) is 0.567. The van der Waals surface area contributed by atoms with Gasteiger partial charge >= 0.3 is 12.1 Å². The molecule has 2 aliphatic rings. The van der Waals surface area contributed by atoms with Gasteiger partial charge in [0.2, 0.25) is 11.8 Å². The maximum atomic E-state index is 13.5. The third-order valence-corrected chi connectivity index (χ3v) is 8.07. The Morgan fingerprint density at radius 1 is 1.11 bits per heavy atom. The van der Waals surface area contributed by atoms with Gasteiger partial charge in [0.05, 0.1) is 13.2 Å². The standard InChI is InChI=1S/C30H37F3N4O7/c1-16(2)12-21(37-27(41)22-14-18-19(35-22)7-4-8-24(18)43-3)26(40)36-20(13-17-6-5-11-34-25(17)39)23(38)15-44-28(42)29(9-10-29)30(31,32)33/h4,7-8,14,16-17,20-21,35H,5-6,9-13,15H2,1-3H3,(H,34,39)(H,36,40)(H,37,41)/t17-,20-,21-/m0/s1. The molecule has 240 valence electrons. The molecule has 0 unspecified atom stereocenters. The second-order valence-corrected chi connectivity index (χ2v) is 11.8. The molecule has 0 bridgehead atoms. The summed E-state index contributed by atoms with van der Waals surface area (Å²) in [6.07, 6.45) is -4.55. The van der Waals surface area contributed by atoms with Gasteiger partial charge in [0.15, 0.2) is 17.8 Å². The smallest absolute Gasteiger partial charge is 0.404 e. The monoisotopic (exact) mass is 622 g/mol. The Morgan fingerprint density at radius 2 is 1.84 bits per heavy atom. The molecule has 44 heavy (non-hydrogen) atoms. The van der Waals surface area contributed by atoms with E-state index in [0.29, 0.717) is 36.0 Å². The highest BCUT2D eigenvalue weighted by atomic mass is 19.4. The first kappa shape index (κ1) is 32.8. The molecule has 1 saturated heterocycles. The van der Waals surface area contributed by atoms with Crippen molar-refractivity contribution in [2.45, 2.75) is 70.6 Å². The number of aromatic amines is 1. The second-order valence-electron chi connectivity index (χ2n) is 11.8. The van der Waals surface area contributed by atoms with Crippen molar-refractivity contribution in [3.8, 4) is 5.75 Å². The normalized spacial score (nSPS) is 19.1. The lowest BCUT2D eigenvalue weighted by molar-refractivity contribution is -0.207. The van der Waals surface area contributed by atoms with Gasteiger partial charge in [-0.2, -0.15) is 13.2 Å². The third-order valence-electron chi connectivity index (χ3n) is 8.07. The van der Waals surface area contributed by atoms with E-state index in [-0.39, 0.29) is 30.4 Å². The number of H-pyrrole nitrogens is 1. The number of hydrogen-bond acceptors (Lipinski definition) is 7. The van der Waals surface area contributed by atoms with Gasteiger partial charge in [0.1, 0.15) is 17.5 Å². The fourth-order valence-electron chi connectivity index (χ4n) is 5.36. The molecule has 3 atom stereocenters. The highest BCUT2D eigenvalue weighted by Gasteiger charge is 2.69. The Morgan fingerprint density at radius 3 is 2.45 bits per heavy atom. The summed E-state index contributed by atoms with van der Waals surface area (Å²) in [4.78, 5) is 67.6. The average Bonchev–Trinajstić information content (AvgIpc) is 3.68. The van der Waals surface area contributed by atoms with Crippen LogP contribution in [0.1, 0.15) is 62.9 Å². The summed E-state index contributed by atoms with van der Waals surface area (Å²) < 4.78 is 50.1. The molecule has 4 rings (SSSR count). The van der Waals surface area contributed by atoms with Gasteiger partial charge < -0.3 is 30.4 Å². The van der Waals surface area contributed by atoms with Crippen molar-refractivity contribution < 1.29 is 46.6 Å². The molecular weight excluding hydrogens is 585 g/mol. The molecule has 1 aliphatic carbocycles. The predicted octanol–water partition coefficient (Wildman–Crippen LogP) is 3.18. The van der Waals surface area contributed by atoms with Crippen LogP contribution in [0.2, 0.25) is 0 Å². The van der Waals surface area contributed by atoms with Crippen LogP contribution in [0.25, 0.3) is 10.9 Å². The average molecular weight is 623 g/mol. The number of hydrogen-bond donors (Lipinski definition) is 4. The summed E-state index contributed by atoms with van der Waals surface area (Å²) in [5, 5.41) is 8.62. The van der Waals surface area contributed by atoms with Crippen LogP contribution >= 0.6 is 0 Å². The number of nitrogens with one attached hydrogen (secondary N) is 4. The quantitative estimate of drug-likeness (QED) is 0.250. The number of ether oxygens (including phenoxy) is 2. The van der Waals surface area contributed by atoms with E-state index in [9.17, 15) is 37.1 Å². The van der Waals surface area contributed by atoms with E-state index in [4.69, 9.17) is 9.47 Å². The summed E-state index contributed by atoms with van der Waals surface area (Å²) in [6.45, 7) is 3.12. The minimum Gasteiger partial charge on any atom is -0.496 e. The van der Waals surface area contributed by atoms with Crippen LogP contribution in [0.15, 0.2) is 24.3 Å². The number of halogens is 3. The van der Waals surface area contributed by atoms with E-state index < -0.39 is 72.6 Å². The molecule has 2 aromatic rings. The zero-order chi connectivity index (χ0) is 32.2. The van der Waals surface area contributed by atoms with Gasteiger partial charge in [-0.05, 0) is 62.6 Å². The fourth-order valence-corrected chi connectivity index (χ4v) is 5.36. The lowest BCUT2D eigenvalue weighted by Gasteiger charge is -2.28. The second kappa shape index (κ2) is 13.3. The van der Waals surface area contributed by atoms with E-state index >= 15 is 0 Å². The van der Waals surface area contributed by atoms with Crippen LogP contribution < -0.4 is 20.7 Å². The molecule has 1 aromatic heterocycles. The Bertz CT molecular complexity index is 1420. The number of benzene rings is 1. The number of Topliss-reactive ketones (excluding diaryl/α,β-unsaturated/α-hetero) is 1. The van der Waals surface area contributed by atoms with Crippen LogP contribution in [0, 0.1) is 17.3 Å². The Hall–Kier alpha value is -4.10. The summed E-state index contributed by atoms with van der Waals surface area (Å²) in [5.41, 5.74) is -1.80. The molecule has 0 radical (unpaired) electrons. The van der Waals surface area contributed by atoms with Crippen molar-refractivity contribution in [1.82, 2.24) is 20.9 Å². The minimum atomic E-state index is -4.81. The third kappa shape index (κ3) is 7.33. The SMILES string of the molecule is COc1cccc2[nH]c(C(=O)N[C@@H](CC(C)C)C(=O)N[C@@H](C[C@@H]3CCCNC3=O)C(=O)COC(=O)C3(C(F)(F)F)CC3)cc12.